The van der Waals surface area contributed by atoms with Crippen molar-refractivity contribution in [3.05, 3.63) is 46.0 Å². The van der Waals surface area contributed by atoms with Gasteiger partial charge in [-0.1, -0.05) is 6.07 Å². The van der Waals surface area contributed by atoms with Crippen LogP contribution in [0.1, 0.15) is 10.4 Å². The summed E-state index contributed by atoms with van der Waals surface area (Å²) in [7, 11) is 0. The van der Waals surface area contributed by atoms with Crippen LogP contribution in [-0.4, -0.2) is 9.55 Å². The van der Waals surface area contributed by atoms with Crippen molar-refractivity contribution in [1.29, 1.82) is 5.41 Å². The molecule has 0 aliphatic rings. The average Bonchev–Trinajstić information content (AvgIpc) is 2.47. The molecule has 0 unspecified atom stereocenters. The molecule has 0 atom stereocenters. The van der Waals surface area contributed by atoms with Gasteiger partial charge in [-0.05, 0) is 18.6 Å². The van der Waals surface area contributed by atoms with Crippen LogP contribution in [0.2, 0.25) is 0 Å². The molecule has 0 spiro atoms. The fourth-order valence-electron chi connectivity index (χ4n) is 1.32. The van der Waals surface area contributed by atoms with Gasteiger partial charge in [-0.25, -0.2) is 0 Å². The number of aromatic nitrogens is 2. The van der Waals surface area contributed by atoms with E-state index in [1.165, 1.54) is 16.2 Å². The maximum Gasteiger partial charge on any atom is 0.182 e. The number of aryl methyl sites for hydroxylation is 1. The normalized spacial score (nSPS) is 10.4. The minimum atomic E-state index is 0.589. The third kappa shape index (κ3) is 1.90. The molecule has 0 aliphatic heterocycles. The summed E-state index contributed by atoms with van der Waals surface area (Å²) < 4.78 is 1.93. The number of nitrogens with zero attached hydrogens (tertiary/aromatic N) is 2. The van der Waals surface area contributed by atoms with E-state index in [1.54, 1.807) is 6.20 Å². The van der Waals surface area contributed by atoms with E-state index < -0.39 is 0 Å². The quantitative estimate of drug-likeness (QED) is 0.797. The van der Waals surface area contributed by atoms with Crippen LogP contribution in [0.25, 0.3) is 0 Å². The lowest BCUT2D eigenvalue weighted by molar-refractivity contribution is 0.754. The smallest absolute Gasteiger partial charge is 0.182 e. The van der Waals surface area contributed by atoms with Crippen molar-refractivity contribution in [2.24, 2.45) is 0 Å². The van der Waals surface area contributed by atoms with Crippen LogP contribution in [0.15, 0.2) is 30.7 Å². The Morgan fingerprint density at radius 1 is 1.57 bits per heavy atom. The summed E-state index contributed by atoms with van der Waals surface area (Å²) in [4.78, 5) is 5.80. The van der Waals surface area contributed by atoms with Gasteiger partial charge in [0.15, 0.2) is 4.80 Å². The highest BCUT2D eigenvalue weighted by molar-refractivity contribution is 7.09. The summed E-state index contributed by atoms with van der Waals surface area (Å²) in [6.45, 7) is 2.75. The second-order valence-corrected chi connectivity index (χ2v) is 4.37. The number of rotatable bonds is 2. The summed E-state index contributed by atoms with van der Waals surface area (Å²) in [5.74, 6) is 0. The Bertz CT molecular complexity index is 470. The van der Waals surface area contributed by atoms with Crippen molar-refractivity contribution in [1.82, 2.24) is 9.55 Å². The molecule has 72 valence electrons. The second kappa shape index (κ2) is 3.75. The van der Waals surface area contributed by atoms with E-state index in [-0.39, 0.29) is 0 Å². The highest BCUT2D eigenvalue weighted by atomic mass is 32.1. The van der Waals surface area contributed by atoms with E-state index in [2.05, 4.69) is 4.98 Å². The molecule has 0 saturated carbocycles. The summed E-state index contributed by atoms with van der Waals surface area (Å²) in [5.41, 5.74) is 1.13. The van der Waals surface area contributed by atoms with Gasteiger partial charge in [0.1, 0.15) is 0 Å². The molecule has 0 radical (unpaired) electrons. The Morgan fingerprint density at radius 2 is 2.43 bits per heavy atom. The van der Waals surface area contributed by atoms with E-state index >= 15 is 0 Å². The summed E-state index contributed by atoms with van der Waals surface area (Å²) in [6.07, 6.45) is 5.59. The minimum absolute atomic E-state index is 0.589. The van der Waals surface area contributed by atoms with Crippen LogP contribution in [0.4, 0.5) is 0 Å². The number of hydrogen-bond donors (Lipinski definition) is 1. The van der Waals surface area contributed by atoms with Crippen LogP contribution >= 0.6 is 11.3 Å². The maximum atomic E-state index is 7.70. The molecular formula is C10H11N3S. The van der Waals surface area contributed by atoms with E-state index in [4.69, 9.17) is 5.41 Å². The van der Waals surface area contributed by atoms with Crippen LogP contribution in [0, 0.1) is 12.3 Å². The summed E-state index contributed by atoms with van der Waals surface area (Å²) in [5, 5.41) is 7.70. The third-order valence-electron chi connectivity index (χ3n) is 1.93. The molecule has 14 heavy (non-hydrogen) atoms. The summed E-state index contributed by atoms with van der Waals surface area (Å²) in [6, 6.07) is 3.94. The molecule has 0 bridgehead atoms. The highest BCUT2D eigenvalue weighted by Gasteiger charge is 1.98. The Morgan fingerprint density at radius 3 is 3.00 bits per heavy atom. The van der Waals surface area contributed by atoms with Crippen molar-refractivity contribution in [2.75, 3.05) is 0 Å². The van der Waals surface area contributed by atoms with E-state index in [9.17, 15) is 0 Å². The van der Waals surface area contributed by atoms with Crippen molar-refractivity contribution in [3.63, 3.8) is 0 Å². The fourth-order valence-corrected chi connectivity index (χ4v) is 2.04. The SMILES string of the molecule is Cc1cn(Cc2cccnc2)c(=N)s1. The van der Waals surface area contributed by atoms with Crippen LogP contribution in [-0.2, 0) is 6.54 Å². The summed E-state index contributed by atoms with van der Waals surface area (Å²) >= 11 is 1.50. The molecule has 2 heterocycles. The first-order valence-electron chi connectivity index (χ1n) is 4.36. The van der Waals surface area contributed by atoms with Crippen molar-refractivity contribution >= 4 is 11.3 Å². The topological polar surface area (TPSA) is 41.7 Å². The lowest BCUT2D eigenvalue weighted by Crippen LogP contribution is -2.12. The van der Waals surface area contributed by atoms with Crippen molar-refractivity contribution in [3.8, 4) is 0 Å². The van der Waals surface area contributed by atoms with Gasteiger partial charge >= 0.3 is 0 Å². The first-order chi connectivity index (χ1) is 6.75. The molecular weight excluding hydrogens is 194 g/mol. The Balaban J connectivity index is 2.28. The minimum Gasteiger partial charge on any atom is -0.319 e. The van der Waals surface area contributed by atoms with Gasteiger partial charge in [-0.3, -0.25) is 10.4 Å². The second-order valence-electron chi connectivity index (χ2n) is 3.14. The van der Waals surface area contributed by atoms with Gasteiger partial charge in [-0.2, -0.15) is 0 Å². The monoisotopic (exact) mass is 205 g/mol. The van der Waals surface area contributed by atoms with Gasteiger partial charge in [-0.15, -0.1) is 11.3 Å². The number of thiazole rings is 1. The van der Waals surface area contributed by atoms with Crippen LogP contribution in [0.5, 0.6) is 0 Å². The van der Waals surface area contributed by atoms with Gasteiger partial charge in [0.2, 0.25) is 0 Å². The number of nitrogens with one attached hydrogen (secondary N) is 1. The average molecular weight is 205 g/mol. The number of hydrogen-bond acceptors (Lipinski definition) is 3. The fraction of sp³-hybridized carbons (Fsp3) is 0.200. The molecule has 0 saturated heterocycles. The van der Waals surface area contributed by atoms with Gasteiger partial charge in [0.05, 0.1) is 6.54 Å². The highest BCUT2D eigenvalue weighted by Crippen LogP contribution is 2.03. The van der Waals surface area contributed by atoms with Gasteiger partial charge < -0.3 is 4.57 Å². The molecule has 2 aromatic rings. The largest absolute Gasteiger partial charge is 0.319 e. The predicted octanol–water partition coefficient (Wildman–Crippen LogP) is 1.78. The molecule has 4 heteroatoms. The van der Waals surface area contributed by atoms with Crippen molar-refractivity contribution in [2.45, 2.75) is 13.5 Å². The van der Waals surface area contributed by atoms with E-state index in [0.717, 1.165) is 12.1 Å². The van der Waals surface area contributed by atoms with Crippen molar-refractivity contribution < 1.29 is 0 Å². The molecule has 0 aromatic carbocycles. The predicted molar refractivity (Wildman–Crippen MR) is 56.2 cm³/mol. The molecule has 2 aromatic heterocycles. The number of pyridine rings is 1. The Labute approximate surface area is 86.2 Å². The molecule has 1 N–H and O–H groups in total. The lowest BCUT2D eigenvalue weighted by Gasteiger charge is -2.00. The molecule has 0 fully saturated rings. The zero-order chi connectivity index (χ0) is 9.97. The standard InChI is InChI=1S/C10H11N3S/c1-8-6-13(10(11)14-8)7-9-3-2-4-12-5-9/h2-6,11H,7H2,1H3. The van der Waals surface area contributed by atoms with Crippen LogP contribution < -0.4 is 4.80 Å². The first kappa shape index (κ1) is 9.15. The molecule has 3 nitrogen and oxygen atoms in total. The third-order valence-corrected chi connectivity index (χ3v) is 2.79. The lowest BCUT2D eigenvalue weighted by atomic mass is 10.3. The Kier molecular flexibility index (Phi) is 2.45. The zero-order valence-corrected chi connectivity index (χ0v) is 8.71. The Hall–Kier alpha value is -1.42. The maximum absolute atomic E-state index is 7.70. The van der Waals surface area contributed by atoms with Gasteiger partial charge in [0.25, 0.3) is 0 Å². The zero-order valence-electron chi connectivity index (χ0n) is 7.90. The van der Waals surface area contributed by atoms with Gasteiger partial charge in [0, 0.05) is 23.5 Å². The first-order valence-corrected chi connectivity index (χ1v) is 5.18. The van der Waals surface area contributed by atoms with E-state index in [0.29, 0.717) is 4.80 Å². The molecule has 0 aliphatic carbocycles. The molecule has 0 amide bonds. The molecule has 2 rings (SSSR count). The van der Waals surface area contributed by atoms with Crippen LogP contribution in [0.3, 0.4) is 0 Å². The van der Waals surface area contributed by atoms with E-state index in [1.807, 2.05) is 36.0 Å².